The third kappa shape index (κ3) is 10.1. The second-order valence-electron chi connectivity index (χ2n) is 12.6. The monoisotopic (exact) mass is 709 g/mol. The van der Waals surface area contributed by atoms with Crippen molar-refractivity contribution in [2.75, 3.05) is 79.5 Å². The summed E-state index contributed by atoms with van der Waals surface area (Å²) < 4.78 is 46.3. The minimum absolute atomic E-state index is 0.0631. The highest BCUT2D eigenvalue weighted by Crippen LogP contribution is 2.29. The number of carbonyl (C=O) groups is 4. The molecule has 1 aromatic heterocycles. The third-order valence-electron chi connectivity index (χ3n) is 9.43. The van der Waals surface area contributed by atoms with Crippen molar-refractivity contribution < 1.29 is 52.4 Å². The first kappa shape index (κ1) is 38.9. The molecule has 0 spiro atoms. The number of rotatable bonds is 17. The molecule has 1 aliphatic heterocycles. The highest BCUT2D eigenvalue weighted by atomic mass is 19.2. The second-order valence-corrected chi connectivity index (χ2v) is 12.6. The van der Waals surface area contributed by atoms with Crippen LogP contribution in [0.3, 0.4) is 0 Å². The average molecular weight is 710 g/mol. The molecule has 2 aromatic rings. The van der Waals surface area contributed by atoms with E-state index in [4.69, 9.17) is 19.3 Å². The van der Waals surface area contributed by atoms with E-state index in [1.165, 1.54) is 20.0 Å². The van der Waals surface area contributed by atoms with Crippen molar-refractivity contribution in [2.24, 2.45) is 5.92 Å². The summed E-state index contributed by atoms with van der Waals surface area (Å²) >= 11 is 0. The van der Waals surface area contributed by atoms with Gasteiger partial charge >= 0.3 is 6.09 Å². The number of amides is 4. The van der Waals surface area contributed by atoms with Gasteiger partial charge in [0, 0.05) is 51.2 Å². The van der Waals surface area contributed by atoms with Gasteiger partial charge in [-0.3, -0.25) is 19.3 Å². The Balaban J connectivity index is 1.39. The molecule has 4 amide bonds. The maximum atomic E-state index is 14.3. The summed E-state index contributed by atoms with van der Waals surface area (Å²) in [7, 11) is 1.30. The third-order valence-corrected chi connectivity index (χ3v) is 9.43. The maximum absolute atomic E-state index is 14.3. The van der Waals surface area contributed by atoms with Crippen LogP contribution in [0, 0.1) is 17.6 Å². The van der Waals surface area contributed by atoms with Gasteiger partial charge in [-0.25, -0.2) is 13.6 Å². The van der Waals surface area contributed by atoms with Gasteiger partial charge in [-0.05, 0) is 37.8 Å². The predicted octanol–water partition coefficient (Wildman–Crippen LogP) is 2.31. The fourth-order valence-corrected chi connectivity index (χ4v) is 6.39. The molecule has 2 atom stereocenters. The minimum atomic E-state index is -1.25. The molecule has 0 radical (unpaired) electrons. The highest BCUT2D eigenvalue weighted by molar-refractivity contribution is 5.99. The zero-order chi connectivity index (χ0) is 36.2. The van der Waals surface area contributed by atoms with Gasteiger partial charge in [0.15, 0.2) is 11.6 Å². The molecule has 50 heavy (non-hydrogen) atoms. The number of aliphatic hydroxyl groups is 1. The van der Waals surface area contributed by atoms with Crippen LogP contribution in [0.15, 0.2) is 18.2 Å². The molecule has 278 valence electrons. The van der Waals surface area contributed by atoms with E-state index < -0.39 is 35.7 Å². The number of carboxylic acid groups (broad SMARTS) is 1. The molecule has 2 aliphatic rings. The van der Waals surface area contributed by atoms with Crippen LogP contribution in [0.4, 0.5) is 13.6 Å². The lowest BCUT2D eigenvalue weighted by atomic mass is 9.83. The molecule has 16 heteroatoms. The lowest BCUT2D eigenvalue weighted by Gasteiger charge is -2.39. The number of aromatic nitrogens is 1. The standard InChI is InChI=1S/C34H49F2N5O9/c1-23(38(2)34(46)47)31(43)37-30(24-6-4-3-5-7-24)33(45)40-10-8-39(9-11-40)32(44)29-21-25-20-26(35)27(36)22-28(25)41(29)12-14-48-16-18-50-19-17-49-15-13-42/h20-24,30,42H,3-19H2,1-2H3,(H,37,43)(H,46,47)/t23-,30-/m0/s1. The van der Waals surface area contributed by atoms with E-state index in [0.29, 0.717) is 30.7 Å². The Morgan fingerprint density at radius 3 is 2.08 bits per heavy atom. The van der Waals surface area contributed by atoms with Crippen molar-refractivity contribution in [2.45, 2.75) is 57.7 Å². The number of aliphatic hydroxyl groups excluding tert-OH is 1. The van der Waals surface area contributed by atoms with Crippen molar-refractivity contribution in [3.05, 3.63) is 35.5 Å². The summed E-state index contributed by atoms with van der Waals surface area (Å²) in [6, 6.07) is 1.83. The predicted molar refractivity (Wildman–Crippen MR) is 178 cm³/mol. The van der Waals surface area contributed by atoms with E-state index in [-0.39, 0.29) is 82.6 Å². The summed E-state index contributed by atoms with van der Waals surface area (Å²) in [5, 5.41) is 21.3. The number of halogens is 2. The van der Waals surface area contributed by atoms with Crippen molar-refractivity contribution in [1.82, 2.24) is 24.6 Å². The van der Waals surface area contributed by atoms with Gasteiger partial charge in [-0.15, -0.1) is 0 Å². The van der Waals surface area contributed by atoms with Crippen LogP contribution in [0.1, 0.15) is 49.5 Å². The van der Waals surface area contributed by atoms with Gasteiger partial charge in [0.25, 0.3) is 5.91 Å². The first-order chi connectivity index (χ1) is 24.0. The molecule has 1 aromatic carbocycles. The quantitative estimate of drug-likeness (QED) is 0.209. The fraction of sp³-hybridized carbons (Fsp3) is 0.647. The molecule has 14 nitrogen and oxygen atoms in total. The number of benzene rings is 1. The number of hydrogen-bond acceptors (Lipinski definition) is 8. The minimum Gasteiger partial charge on any atom is -0.465 e. The van der Waals surface area contributed by atoms with Crippen molar-refractivity contribution in [1.29, 1.82) is 0 Å². The van der Waals surface area contributed by atoms with Crippen LogP contribution in [0.5, 0.6) is 0 Å². The Morgan fingerprint density at radius 2 is 1.46 bits per heavy atom. The summed E-state index contributed by atoms with van der Waals surface area (Å²) in [4.78, 5) is 56.3. The molecule has 1 aliphatic carbocycles. The second kappa shape index (κ2) is 18.9. The molecule has 2 heterocycles. The SMILES string of the molecule is C[C@@H](C(=O)N[C@H](C(=O)N1CCN(C(=O)c2cc3cc(F)c(F)cc3n2CCOCCOCCOCCO)CC1)C1CCCCC1)N(C)C(=O)O. The van der Waals surface area contributed by atoms with Crippen molar-refractivity contribution >= 4 is 34.7 Å². The van der Waals surface area contributed by atoms with Gasteiger partial charge in [0.2, 0.25) is 11.8 Å². The summed E-state index contributed by atoms with van der Waals surface area (Å²) in [6.45, 7) is 4.08. The highest BCUT2D eigenvalue weighted by Gasteiger charge is 2.37. The van der Waals surface area contributed by atoms with Gasteiger partial charge in [-0.1, -0.05) is 19.3 Å². The molecule has 2 fully saturated rings. The van der Waals surface area contributed by atoms with Crippen LogP contribution >= 0.6 is 0 Å². The molecule has 0 unspecified atom stereocenters. The van der Waals surface area contributed by atoms with E-state index in [0.717, 1.165) is 49.1 Å². The maximum Gasteiger partial charge on any atom is 0.407 e. The number of ether oxygens (including phenoxy) is 3. The lowest BCUT2D eigenvalue weighted by molar-refractivity contribution is -0.140. The number of hydrogen-bond donors (Lipinski definition) is 3. The number of piperazine rings is 1. The van der Waals surface area contributed by atoms with Crippen LogP contribution in [-0.2, 0) is 30.3 Å². The van der Waals surface area contributed by atoms with Gasteiger partial charge in [0.1, 0.15) is 17.8 Å². The Kier molecular flexibility index (Phi) is 14.7. The molecule has 0 bridgehead atoms. The Labute approximate surface area is 290 Å². The van der Waals surface area contributed by atoms with Crippen LogP contribution in [0.2, 0.25) is 0 Å². The first-order valence-corrected chi connectivity index (χ1v) is 17.2. The van der Waals surface area contributed by atoms with Gasteiger partial charge in [-0.2, -0.15) is 0 Å². The topological polar surface area (TPSA) is 163 Å². The zero-order valence-electron chi connectivity index (χ0n) is 28.8. The number of likely N-dealkylation sites (N-methyl/N-ethyl adjacent to an activating group) is 1. The largest absolute Gasteiger partial charge is 0.465 e. The Hall–Kier alpha value is -3.86. The fourth-order valence-electron chi connectivity index (χ4n) is 6.39. The Bertz CT molecular complexity index is 1460. The summed E-state index contributed by atoms with van der Waals surface area (Å²) in [6.07, 6.45) is 3.18. The van der Waals surface area contributed by atoms with Crippen molar-refractivity contribution in [3.8, 4) is 0 Å². The normalized spacial score (nSPS) is 16.7. The average Bonchev–Trinajstić information content (AvgIpc) is 3.46. The molecule has 1 saturated carbocycles. The first-order valence-electron chi connectivity index (χ1n) is 17.2. The zero-order valence-corrected chi connectivity index (χ0v) is 28.8. The van der Waals surface area contributed by atoms with Gasteiger partial charge < -0.3 is 44.1 Å². The van der Waals surface area contributed by atoms with Crippen molar-refractivity contribution in [3.63, 3.8) is 0 Å². The summed E-state index contributed by atoms with van der Waals surface area (Å²) in [5.74, 6) is -3.32. The van der Waals surface area contributed by atoms with E-state index in [1.807, 2.05) is 0 Å². The number of carbonyl (C=O) groups excluding carboxylic acids is 3. The molecule has 3 N–H and O–H groups in total. The van der Waals surface area contributed by atoms with Crippen LogP contribution < -0.4 is 5.32 Å². The molecular formula is C34H49F2N5O9. The van der Waals surface area contributed by atoms with E-state index in [1.54, 1.807) is 14.4 Å². The van der Waals surface area contributed by atoms with E-state index in [9.17, 15) is 33.1 Å². The van der Waals surface area contributed by atoms with E-state index in [2.05, 4.69) is 5.32 Å². The van der Waals surface area contributed by atoms with Gasteiger partial charge in [0.05, 0.1) is 51.8 Å². The van der Waals surface area contributed by atoms with Crippen LogP contribution in [-0.4, -0.2) is 145 Å². The smallest absolute Gasteiger partial charge is 0.407 e. The Morgan fingerprint density at radius 1 is 0.880 bits per heavy atom. The van der Waals surface area contributed by atoms with Crippen LogP contribution in [0.25, 0.3) is 10.9 Å². The molecule has 4 rings (SSSR count). The number of nitrogens with one attached hydrogen (secondary N) is 1. The molecular weight excluding hydrogens is 660 g/mol. The molecule has 1 saturated heterocycles. The number of nitrogens with zero attached hydrogens (tertiary/aromatic N) is 4. The summed E-state index contributed by atoms with van der Waals surface area (Å²) in [5.41, 5.74) is 0.574. The van der Waals surface area contributed by atoms with E-state index >= 15 is 0 Å². The lowest BCUT2D eigenvalue weighted by Crippen LogP contribution is -2.59. The number of fused-ring (bicyclic) bond motifs is 1.